The topological polar surface area (TPSA) is 104 Å². The van der Waals surface area contributed by atoms with Gasteiger partial charge in [0, 0.05) is 42.7 Å². The van der Waals surface area contributed by atoms with Crippen LogP contribution < -0.4 is 4.90 Å². The lowest BCUT2D eigenvalue weighted by Crippen LogP contribution is -2.36. The first-order valence-corrected chi connectivity index (χ1v) is 9.81. The van der Waals surface area contributed by atoms with Gasteiger partial charge in [0.15, 0.2) is 6.61 Å². The van der Waals surface area contributed by atoms with E-state index in [2.05, 4.69) is 0 Å². The molecule has 9 heteroatoms. The second-order valence-corrected chi connectivity index (χ2v) is 7.09. The van der Waals surface area contributed by atoms with Crippen LogP contribution in [0, 0.1) is 24.0 Å². The Balaban J connectivity index is 1.73. The zero-order chi connectivity index (χ0) is 21.8. The Labute approximate surface area is 174 Å². The van der Waals surface area contributed by atoms with Gasteiger partial charge in [-0.15, -0.1) is 0 Å². The number of morpholine rings is 1. The van der Waals surface area contributed by atoms with Crippen LogP contribution in [0.15, 0.2) is 24.3 Å². The van der Waals surface area contributed by atoms with Gasteiger partial charge in [-0.1, -0.05) is 0 Å². The summed E-state index contributed by atoms with van der Waals surface area (Å²) < 4.78 is 12.4. The Hall–Kier alpha value is -3.20. The average molecular weight is 415 g/mol. The Kier molecular flexibility index (Phi) is 6.51. The molecule has 30 heavy (non-hydrogen) atoms. The SMILES string of the molecule is CCn1c(C)cc(C(=O)COC(=O)c2ccc(N3CCOCC3)c([N+](=O)[O-])c2)c1C. The first-order chi connectivity index (χ1) is 14.3. The number of ketones is 1. The maximum atomic E-state index is 12.5. The van der Waals surface area contributed by atoms with Crippen molar-refractivity contribution in [1.82, 2.24) is 4.57 Å². The number of hydrogen-bond acceptors (Lipinski definition) is 7. The van der Waals surface area contributed by atoms with Crippen LogP contribution >= 0.6 is 0 Å². The summed E-state index contributed by atoms with van der Waals surface area (Å²) in [5, 5.41) is 11.5. The van der Waals surface area contributed by atoms with E-state index in [0.29, 0.717) is 37.6 Å². The number of benzene rings is 1. The van der Waals surface area contributed by atoms with E-state index in [4.69, 9.17) is 9.47 Å². The number of Topliss-reactive ketones (excluding diaryl/α,β-unsaturated/α-hetero) is 1. The summed E-state index contributed by atoms with van der Waals surface area (Å²) in [5.41, 5.74) is 2.58. The van der Waals surface area contributed by atoms with E-state index in [1.807, 2.05) is 30.2 Å². The fourth-order valence-corrected chi connectivity index (χ4v) is 3.73. The first kappa shape index (κ1) is 21.5. The number of hydrogen-bond donors (Lipinski definition) is 0. The molecular formula is C21H25N3O6. The van der Waals surface area contributed by atoms with Crippen molar-refractivity contribution >= 4 is 23.1 Å². The predicted octanol–water partition coefficient (Wildman–Crippen LogP) is 2.91. The van der Waals surface area contributed by atoms with Crippen LogP contribution in [-0.2, 0) is 16.0 Å². The van der Waals surface area contributed by atoms with Crippen LogP contribution in [0.2, 0.25) is 0 Å². The summed E-state index contributed by atoms with van der Waals surface area (Å²) in [6.07, 6.45) is 0. The molecule has 0 spiro atoms. The van der Waals surface area contributed by atoms with E-state index in [9.17, 15) is 19.7 Å². The minimum absolute atomic E-state index is 0.0329. The maximum absolute atomic E-state index is 12.5. The second kappa shape index (κ2) is 9.08. The minimum Gasteiger partial charge on any atom is -0.454 e. The number of carbonyl (C=O) groups excluding carboxylic acids is 2. The van der Waals surface area contributed by atoms with Crippen LogP contribution in [0.5, 0.6) is 0 Å². The summed E-state index contributed by atoms with van der Waals surface area (Å²) >= 11 is 0. The molecular weight excluding hydrogens is 390 g/mol. The number of rotatable bonds is 7. The fraction of sp³-hybridized carbons (Fsp3) is 0.429. The number of aromatic nitrogens is 1. The lowest BCUT2D eigenvalue weighted by atomic mass is 10.1. The molecule has 1 saturated heterocycles. The van der Waals surface area contributed by atoms with Crippen molar-refractivity contribution < 1.29 is 24.0 Å². The fourth-order valence-electron chi connectivity index (χ4n) is 3.73. The smallest absolute Gasteiger partial charge is 0.338 e. The van der Waals surface area contributed by atoms with E-state index >= 15 is 0 Å². The monoisotopic (exact) mass is 415 g/mol. The molecule has 0 aliphatic carbocycles. The first-order valence-electron chi connectivity index (χ1n) is 9.81. The molecule has 1 aliphatic heterocycles. The van der Waals surface area contributed by atoms with Gasteiger partial charge in [-0.05, 0) is 39.0 Å². The van der Waals surface area contributed by atoms with Crippen molar-refractivity contribution in [3.63, 3.8) is 0 Å². The second-order valence-electron chi connectivity index (χ2n) is 7.09. The Morgan fingerprint density at radius 2 is 1.90 bits per heavy atom. The number of carbonyl (C=O) groups is 2. The molecule has 160 valence electrons. The summed E-state index contributed by atoms with van der Waals surface area (Å²) in [7, 11) is 0. The van der Waals surface area contributed by atoms with E-state index in [1.165, 1.54) is 18.2 Å². The van der Waals surface area contributed by atoms with Crippen molar-refractivity contribution in [2.45, 2.75) is 27.3 Å². The lowest BCUT2D eigenvalue weighted by molar-refractivity contribution is -0.384. The molecule has 0 radical (unpaired) electrons. The van der Waals surface area contributed by atoms with Crippen LogP contribution in [0.25, 0.3) is 0 Å². The van der Waals surface area contributed by atoms with Gasteiger partial charge in [0.05, 0.1) is 23.7 Å². The molecule has 3 rings (SSSR count). The number of ether oxygens (including phenoxy) is 2. The van der Waals surface area contributed by atoms with Gasteiger partial charge in [-0.2, -0.15) is 0 Å². The van der Waals surface area contributed by atoms with Crippen molar-refractivity contribution in [3.8, 4) is 0 Å². The molecule has 1 fully saturated rings. The largest absolute Gasteiger partial charge is 0.454 e. The van der Waals surface area contributed by atoms with Crippen LogP contribution in [0.1, 0.15) is 39.0 Å². The number of esters is 1. The molecule has 1 aromatic heterocycles. The van der Waals surface area contributed by atoms with Gasteiger partial charge in [0.2, 0.25) is 5.78 Å². The van der Waals surface area contributed by atoms with Gasteiger partial charge in [0.25, 0.3) is 5.69 Å². The van der Waals surface area contributed by atoms with E-state index in [0.717, 1.165) is 17.9 Å². The summed E-state index contributed by atoms with van der Waals surface area (Å²) in [6.45, 7) is 8.11. The van der Waals surface area contributed by atoms with Crippen molar-refractivity contribution in [2.75, 3.05) is 37.8 Å². The van der Waals surface area contributed by atoms with Crippen molar-refractivity contribution in [1.29, 1.82) is 0 Å². The molecule has 0 unspecified atom stereocenters. The van der Waals surface area contributed by atoms with Crippen LogP contribution in [0.3, 0.4) is 0 Å². The minimum atomic E-state index is -0.774. The third kappa shape index (κ3) is 4.35. The van der Waals surface area contributed by atoms with Gasteiger partial charge in [-0.3, -0.25) is 14.9 Å². The molecule has 2 aromatic rings. The molecule has 0 N–H and O–H groups in total. The number of nitro benzene ring substituents is 1. The Morgan fingerprint density at radius 3 is 2.50 bits per heavy atom. The molecule has 9 nitrogen and oxygen atoms in total. The van der Waals surface area contributed by atoms with E-state index in [-0.39, 0.29) is 17.0 Å². The predicted molar refractivity (Wildman–Crippen MR) is 110 cm³/mol. The summed E-state index contributed by atoms with van der Waals surface area (Å²) in [5.74, 6) is -1.08. The molecule has 0 saturated carbocycles. The van der Waals surface area contributed by atoms with Gasteiger partial charge < -0.3 is 18.9 Å². The quantitative estimate of drug-likeness (QED) is 0.296. The van der Waals surface area contributed by atoms with Crippen LogP contribution in [0.4, 0.5) is 11.4 Å². The molecule has 0 atom stereocenters. The van der Waals surface area contributed by atoms with E-state index in [1.54, 1.807) is 6.07 Å². The average Bonchev–Trinajstić information content (AvgIpc) is 3.05. The Morgan fingerprint density at radius 1 is 1.20 bits per heavy atom. The zero-order valence-electron chi connectivity index (χ0n) is 17.3. The van der Waals surface area contributed by atoms with E-state index < -0.39 is 17.5 Å². The number of nitro groups is 1. The molecule has 1 aromatic carbocycles. The normalized spacial score (nSPS) is 13.9. The summed E-state index contributed by atoms with van der Waals surface area (Å²) in [4.78, 5) is 37.8. The molecule has 1 aliphatic rings. The molecule has 0 amide bonds. The number of nitrogens with zero attached hydrogens (tertiary/aromatic N) is 3. The molecule has 2 heterocycles. The maximum Gasteiger partial charge on any atom is 0.338 e. The summed E-state index contributed by atoms with van der Waals surface area (Å²) in [6, 6.07) is 5.99. The highest BCUT2D eigenvalue weighted by atomic mass is 16.6. The zero-order valence-corrected chi connectivity index (χ0v) is 17.3. The lowest BCUT2D eigenvalue weighted by Gasteiger charge is -2.28. The Bertz CT molecular complexity index is 975. The highest BCUT2D eigenvalue weighted by Crippen LogP contribution is 2.30. The highest BCUT2D eigenvalue weighted by molar-refractivity contribution is 6.00. The third-order valence-corrected chi connectivity index (χ3v) is 5.28. The van der Waals surface area contributed by atoms with Crippen LogP contribution in [-0.4, -0.2) is 54.2 Å². The highest BCUT2D eigenvalue weighted by Gasteiger charge is 2.24. The standard InChI is InChI=1S/C21H25N3O6/c1-4-23-14(2)11-17(15(23)3)20(25)13-30-21(26)16-5-6-18(19(12-16)24(27)28)22-7-9-29-10-8-22/h5-6,11-12H,4,7-10,13H2,1-3H3. The molecule has 0 bridgehead atoms. The number of aryl methyl sites for hydroxylation is 1. The van der Waals surface area contributed by atoms with Gasteiger partial charge in [0.1, 0.15) is 5.69 Å². The van der Waals surface area contributed by atoms with Crippen molar-refractivity contribution in [2.24, 2.45) is 0 Å². The van der Waals surface area contributed by atoms with Crippen molar-refractivity contribution in [3.05, 3.63) is 56.9 Å². The van der Waals surface area contributed by atoms with Gasteiger partial charge in [-0.25, -0.2) is 4.79 Å². The number of anilines is 1. The van der Waals surface area contributed by atoms with Gasteiger partial charge >= 0.3 is 5.97 Å². The third-order valence-electron chi connectivity index (χ3n) is 5.28.